The van der Waals surface area contributed by atoms with Crippen LogP contribution in [0, 0.1) is 26.6 Å². The van der Waals surface area contributed by atoms with Crippen molar-refractivity contribution in [3.8, 4) is 0 Å². The van der Waals surface area contributed by atoms with Gasteiger partial charge in [-0.3, -0.25) is 0 Å². The minimum atomic E-state index is -0.508. The maximum absolute atomic E-state index is 13.6. The number of rotatable bonds is 3. The fourth-order valence-electron chi connectivity index (χ4n) is 2.15. The number of nitrogens with one attached hydrogen (secondary N) is 1. The van der Waals surface area contributed by atoms with Crippen LogP contribution in [0.2, 0.25) is 0 Å². The minimum Gasteiger partial charge on any atom is -0.306 e. The molecule has 2 rings (SSSR count). The molecule has 3 N–H and O–H groups in total. The fourth-order valence-corrected chi connectivity index (χ4v) is 2.15. The van der Waals surface area contributed by atoms with Gasteiger partial charge in [0.2, 0.25) is 0 Å². The number of nitrogens with zero attached hydrogens (tertiary/aromatic N) is 2. The van der Waals surface area contributed by atoms with Gasteiger partial charge in [0.1, 0.15) is 5.82 Å². The maximum Gasteiger partial charge on any atom is 0.187 e. The summed E-state index contributed by atoms with van der Waals surface area (Å²) in [5.74, 6) is 5.33. The quantitative estimate of drug-likeness (QED) is 0.657. The third-order valence-electron chi connectivity index (χ3n) is 2.84. The molecule has 0 spiro atoms. The van der Waals surface area contributed by atoms with Gasteiger partial charge in [0.15, 0.2) is 11.6 Å². The van der Waals surface area contributed by atoms with Gasteiger partial charge < -0.3 is 5.43 Å². The summed E-state index contributed by atoms with van der Waals surface area (Å²) in [5, 5.41) is 0. The molecular weight excluding hydrogens is 243 g/mol. The Morgan fingerprint density at radius 3 is 2.32 bits per heavy atom. The number of hydrogen-bond donors (Lipinski definition) is 2. The molecule has 1 aromatic carbocycles. The number of benzene rings is 1. The lowest BCUT2D eigenvalue weighted by Gasteiger charge is -2.08. The summed E-state index contributed by atoms with van der Waals surface area (Å²) in [6, 6.07) is 6.25. The largest absolute Gasteiger partial charge is 0.306 e. The zero-order chi connectivity index (χ0) is 14.0. The lowest BCUT2D eigenvalue weighted by atomic mass is 10.0. The molecule has 0 aliphatic carbocycles. The van der Waals surface area contributed by atoms with E-state index in [0.29, 0.717) is 17.9 Å². The number of halogens is 1. The van der Waals surface area contributed by atoms with E-state index in [2.05, 4.69) is 33.6 Å². The van der Waals surface area contributed by atoms with E-state index in [1.165, 1.54) is 11.1 Å². The van der Waals surface area contributed by atoms with Crippen LogP contribution in [0.5, 0.6) is 0 Å². The molecule has 0 fully saturated rings. The van der Waals surface area contributed by atoms with Gasteiger partial charge in [-0.15, -0.1) is 0 Å². The first-order valence-electron chi connectivity index (χ1n) is 6.06. The van der Waals surface area contributed by atoms with Crippen molar-refractivity contribution < 1.29 is 4.39 Å². The first-order valence-corrected chi connectivity index (χ1v) is 6.06. The van der Waals surface area contributed by atoms with Gasteiger partial charge >= 0.3 is 0 Å². The standard InChI is InChI=1S/C14H17FN4/c1-8-4-9(2)6-11(5-8)7-12-17-10(3)13(15)14(18-12)19-16/h4-6H,7,16H2,1-3H3,(H,17,18,19). The van der Waals surface area contributed by atoms with Gasteiger partial charge in [0.05, 0.1) is 5.69 Å². The lowest BCUT2D eigenvalue weighted by molar-refractivity contribution is 0.601. The predicted octanol–water partition coefficient (Wildman–Crippen LogP) is 2.42. The van der Waals surface area contributed by atoms with Gasteiger partial charge in [0, 0.05) is 6.42 Å². The van der Waals surface area contributed by atoms with Gasteiger partial charge in [-0.1, -0.05) is 29.3 Å². The second kappa shape index (κ2) is 5.32. The van der Waals surface area contributed by atoms with E-state index in [4.69, 9.17) is 5.84 Å². The molecule has 1 heterocycles. The molecule has 5 heteroatoms. The SMILES string of the molecule is Cc1cc(C)cc(Cc2nc(C)c(F)c(NN)n2)c1. The molecule has 0 aliphatic rings. The average molecular weight is 260 g/mol. The van der Waals surface area contributed by atoms with Crippen LogP contribution in [-0.2, 0) is 6.42 Å². The molecule has 0 radical (unpaired) electrons. The van der Waals surface area contributed by atoms with Gasteiger partial charge in [0.25, 0.3) is 0 Å². The molecule has 1 aromatic heterocycles. The molecule has 0 aliphatic heterocycles. The first-order chi connectivity index (χ1) is 8.99. The third kappa shape index (κ3) is 3.06. The van der Waals surface area contributed by atoms with Crippen LogP contribution in [0.3, 0.4) is 0 Å². The van der Waals surface area contributed by atoms with Crippen LogP contribution >= 0.6 is 0 Å². The summed E-state index contributed by atoms with van der Waals surface area (Å²) in [6.07, 6.45) is 0.554. The Morgan fingerprint density at radius 2 is 1.74 bits per heavy atom. The van der Waals surface area contributed by atoms with Crippen molar-refractivity contribution in [2.45, 2.75) is 27.2 Å². The zero-order valence-corrected chi connectivity index (χ0v) is 11.3. The van der Waals surface area contributed by atoms with E-state index >= 15 is 0 Å². The molecule has 0 saturated heterocycles. The van der Waals surface area contributed by atoms with Gasteiger partial charge in [-0.2, -0.15) is 0 Å². The number of anilines is 1. The number of aromatic nitrogens is 2. The van der Waals surface area contributed by atoms with Crippen LogP contribution in [-0.4, -0.2) is 9.97 Å². The summed E-state index contributed by atoms with van der Waals surface area (Å²) >= 11 is 0. The zero-order valence-electron chi connectivity index (χ0n) is 11.3. The van der Waals surface area contributed by atoms with Crippen LogP contribution in [0.4, 0.5) is 10.2 Å². The van der Waals surface area contributed by atoms with Crippen molar-refractivity contribution >= 4 is 5.82 Å². The van der Waals surface area contributed by atoms with Crippen molar-refractivity contribution in [1.82, 2.24) is 9.97 Å². The number of nitrogen functional groups attached to an aromatic ring is 1. The molecule has 0 unspecified atom stereocenters. The number of nitrogens with two attached hydrogens (primary N) is 1. The van der Waals surface area contributed by atoms with Crippen molar-refractivity contribution in [3.63, 3.8) is 0 Å². The first kappa shape index (κ1) is 13.4. The van der Waals surface area contributed by atoms with Crippen molar-refractivity contribution in [1.29, 1.82) is 0 Å². The molecule has 0 amide bonds. The van der Waals surface area contributed by atoms with Gasteiger partial charge in [-0.25, -0.2) is 20.2 Å². The van der Waals surface area contributed by atoms with E-state index in [0.717, 1.165) is 5.56 Å². The second-order valence-electron chi connectivity index (χ2n) is 4.70. The molecule has 100 valence electrons. The minimum absolute atomic E-state index is 0.0341. The Balaban J connectivity index is 2.35. The van der Waals surface area contributed by atoms with E-state index in [1.807, 2.05) is 13.8 Å². The van der Waals surface area contributed by atoms with E-state index in [1.54, 1.807) is 6.92 Å². The highest BCUT2D eigenvalue weighted by atomic mass is 19.1. The van der Waals surface area contributed by atoms with E-state index < -0.39 is 5.82 Å². The Bertz CT molecular complexity index is 590. The van der Waals surface area contributed by atoms with Crippen molar-refractivity contribution in [2.75, 3.05) is 5.43 Å². The molecule has 0 atom stereocenters. The molecular formula is C14H17FN4. The fraction of sp³-hybridized carbons (Fsp3) is 0.286. The van der Waals surface area contributed by atoms with Crippen LogP contribution in [0.15, 0.2) is 18.2 Å². The Kier molecular flexibility index (Phi) is 3.76. The predicted molar refractivity (Wildman–Crippen MR) is 73.3 cm³/mol. The number of hydrogen-bond acceptors (Lipinski definition) is 4. The Hall–Kier alpha value is -2.01. The highest BCUT2D eigenvalue weighted by Gasteiger charge is 2.11. The maximum atomic E-state index is 13.6. The van der Waals surface area contributed by atoms with Gasteiger partial charge in [-0.05, 0) is 26.3 Å². The van der Waals surface area contributed by atoms with E-state index in [-0.39, 0.29) is 5.82 Å². The molecule has 0 saturated carbocycles. The summed E-state index contributed by atoms with van der Waals surface area (Å²) in [6.45, 7) is 5.68. The number of aryl methyl sites for hydroxylation is 3. The average Bonchev–Trinajstić information content (AvgIpc) is 2.32. The molecule has 0 bridgehead atoms. The van der Waals surface area contributed by atoms with Crippen LogP contribution < -0.4 is 11.3 Å². The second-order valence-corrected chi connectivity index (χ2v) is 4.70. The topological polar surface area (TPSA) is 63.8 Å². The number of hydrazine groups is 1. The highest BCUT2D eigenvalue weighted by molar-refractivity contribution is 5.38. The molecule has 19 heavy (non-hydrogen) atoms. The smallest absolute Gasteiger partial charge is 0.187 e. The molecule has 2 aromatic rings. The Morgan fingerprint density at radius 1 is 1.11 bits per heavy atom. The summed E-state index contributed by atoms with van der Waals surface area (Å²) in [4.78, 5) is 8.24. The van der Waals surface area contributed by atoms with Crippen molar-refractivity contribution in [3.05, 3.63) is 52.2 Å². The monoisotopic (exact) mass is 260 g/mol. The highest BCUT2D eigenvalue weighted by Crippen LogP contribution is 2.16. The summed E-state index contributed by atoms with van der Waals surface area (Å²) < 4.78 is 13.6. The van der Waals surface area contributed by atoms with E-state index in [9.17, 15) is 4.39 Å². The summed E-state index contributed by atoms with van der Waals surface area (Å²) in [5.41, 5.74) is 6.03. The van der Waals surface area contributed by atoms with Crippen LogP contribution in [0.1, 0.15) is 28.2 Å². The normalized spacial score (nSPS) is 10.6. The third-order valence-corrected chi connectivity index (χ3v) is 2.84. The van der Waals surface area contributed by atoms with Crippen LogP contribution in [0.25, 0.3) is 0 Å². The summed E-state index contributed by atoms with van der Waals surface area (Å²) in [7, 11) is 0. The lowest BCUT2D eigenvalue weighted by Crippen LogP contribution is -2.14. The Labute approximate surface area is 111 Å². The van der Waals surface area contributed by atoms with Crippen molar-refractivity contribution in [2.24, 2.45) is 5.84 Å². The molecule has 4 nitrogen and oxygen atoms in total.